The molecule has 0 fully saturated rings. The van der Waals surface area contributed by atoms with Crippen molar-refractivity contribution >= 4 is 15.9 Å². The van der Waals surface area contributed by atoms with Crippen LogP contribution in [0.15, 0.2) is 61.9 Å². The molecule has 2 heterocycles. The zero-order chi connectivity index (χ0) is 18.6. The van der Waals surface area contributed by atoms with E-state index >= 15 is 0 Å². The molecule has 0 amide bonds. The molecule has 4 aromatic rings. The highest BCUT2D eigenvalue weighted by atomic mass is 79.9. The van der Waals surface area contributed by atoms with Crippen molar-refractivity contribution < 1.29 is 13.7 Å². The molecule has 0 bridgehead atoms. The third-order valence-corrected chi connectivity index (χ3v) is 4.23. The Bertz CT molecular complexity index is 1040. The number of aromatic nitrogens is 4. The van der Waals surface area contributed by atoms with Crippen molar-refractivity contribution in [1.29, 1.82) is 0 Å². The number of hydrogen-bond acceptors (Lipinski definition) is 7. The van der Waals surface area contributed by atoms with Crippen LogP contribution >= 0.6 is 15.9 Å². The molecule has 0 atom stereocenters. The average molecular weight is 427 g/mol. The van der Waals surface area contributed by atoms with Gasteiger partial charge < -0.3 is 13.7 Å². The third-order valence-electron chi connectivity index (χ3n) is 3.73. The predicted molar refractivity (Wildman–Crippen MR) is 101 cm³/mol. The van der Waals surface area contributed by atoms with Crippen molar-refractivity contribution in [2.24, 2.45) is 0 Å². The summed E-state index contributed by atoms with van der Waals surface area (Å²) in [6.07, 6.45) is 0.269. The molecule has 27 heavy (non-hydrogen) atoms. The zero-order valence-electron chi connectivity index (χ0n) is 14.4. The Hall–Kier alpha value is -3.00. The van der Waals surface area contributed by atoms with Gasteiger partial charge in [0.05, 0.1) is 6.61 Å². The van der Waals surface area contributed by atoms with Gasteiger partial charge in [0.1, 0.15) is 12.2 Å². The molecule has 8 heteroatoms. The van der Waals surface area contributed by atoms with Crippen LogP contribution < -0.4 is 4.74 Å². The molecule has 0 spiro atoms. The summed E-state index contributed by atoms with van der Waals surface area (Å²) in [6, 6.07) is 15.2. The largest absolute Gasteiger partial charge is 0.494 e. The molecule has 0 aliphatic rings. The predicted octanol–water partition coefficient (Wildman–Crippen LogP) is 4.54. The van der Waals surface area contributed by atoms with Gasteiger partial charge in [-0.25, -0.2) is 0 Å². The fraction of sp³-hybridized carbons (Fsp3) is 0.158. The molecule has 0 saturated heterocycles. The van der Waals surface area contributed by atoms with E-state index in [0.29, 0.717) is 30.1 Å². The summed E-state index contributed by atoms with van der Waals surface area (Å²) < 4.78 is 17.4. The lowest BCUT2D eigenvalue weighted by Gasteiger charge is -2.02. The Morgan fingerprint density at radius 1 is 1.00 bits per heavy atom. The molecule has 0 radical (unpaired) electrons. The number of rotatable bonds is 6. The van der Waals surface area contributed by atoms with Crippen molar-refractivity contribution in [2.75, 3.05) is 6.61 Å². The summed E-state index contributed by atoms with van der Waals surface area (Å²) in [7, 11) is 0. The van der Waals surface area contributed by atoms with Gasteiger partial charge >= 0.3 is 0 Å². The first-order chi connectivity index (χ1) is 13.2. The van der Waals surface area contributed by atoms with Gasteiger partial charge in [0.2, 0.25) is 23.5 Å². The number of benzene rings is 2. The van der Waals surface area contributed by atoms with Crippen LogP contribution in [0.25, 0.3) is 22.8 Å². The van der Waals surface area contributed by atoms with Crippen LogP contribution in [0.5, 0.6) is 5.75 Å². The third kappa shape index (κ3) is 4.06. The summed E-state index contributed by atoms with van der Waals surface area (Å²) in [6.45, 7) is 2.57. The highest BCUT2D eigenvalue weighted by Gasteiger charge is 2.14. The maximum Gasteiger partial charge on any atom is 0.247 e. The topological polar surface area (TPSA) is 87.1 Å². The van der Waals surface area contributed by atoms with Gasteiger partial charge in [-0.05, 0) is 49.4 Å². The van der Waals surface area contributed by atoms with Crippen LogP contribution in [0, 0.1) is 0 Å². The Morgan fingerprint density at radius 2 is 1.85 bits per heavy atom. The second-order valence-electron chi connectivity index (χ2n) is 5.66. The summed E-state index contributed by atoms with van der Waals surface area (Å²) >= 11 is 3.43. The fourth-order valence-electron chi connectivity index (χ4n) is 2.50. The number of halogens is 1. The van der Waals surface area contributed by atoms with Crippen LogP contribution in [-0.2, 0) is 6.42 Å². The molecular weight excluding hydrogens is 412 g/mol. The molecule has 7 nitrogen and oxygen atoms in total. The fourth-order valence-corrected chi connectivity index (χ4v) is 2.90. The molecule has 0 saturated carbocycles. The highest BCUT2D eigenvalue weighted by Crippen LogP contribution is 2.23. The van der Waals surface area contributed by atoms with Gasteiger partial charge in [0, 0.05) is 15.6 Å². The van der Waals surface area contributed by atoms with Crippen LogP contribution in [-0.4, -0.2) is 26.9 Å². The SMILES string of the molecule is CCOc1ccc(-c2noc(Cc3nnc(-c4cccc(Br)c4)o3)n2)cc1. The molecule has 0 aliphatic heterocycles. The molecule has 136 valence electrons. The van der Waals surface area contributed by atoms with E-state index in [2.05, 4.69) is 36.3 Å². The van der Waals surface area contributed by atoms with Gasteiger partial charge in [-0.3, -0.25) is 0 Å². The highest BCUT2D eigenvalue weighted by molar-refractivity contribution is 9.10. The zero-order valence-corrected chi connectivity index (χ0v) is 16.0. The minimum Gasteiger partial charge on any atom is -0.494 e. The lowest BCUT2D eigenvalue weighted by molar-refractivity contribution is 0.340. The molecule has 4 rings (SSSR count). The van der Waals surface area contributed by atoms with Gasteiger partial charge in [0.15, 0.2) is 0 Å². The van der Waals surface area contributed by atoms with Crippen molar-refractivity contribution in [2.45, 2.75) is 13.3 Å². The second-order valence-corrected chi connectivity index (χ2v) is 6.57. The van der Waals surface area contributed by atoms with E-state index < -0.39 is 0 Å². The van der Waals surface area contributed by atoms with Crippen molar-refractivity contribution in [3.63, 3.8) is 0 Å². The second kappa shape index (κ2) is 7.71. The first-order valence-electron chi connectivity index (χ1n) is 8.35. The molecule has 2 aromatic carbocycles. The maximum atomic E-state index is 5.70. The van der Waals surface area contributed by atoms with Crippen LogP contribution in [0.3, 0.4) is 0 Å². The van der Waals surface area contributed by atoms with E-state index in [9.17, 15) is 0 Å². The molecule has 0 aliphatic carbocycles. The summed E-state index contributed by atoms with van der Waals surface area (Å²) in [5.74, 6) is 2.56. The van der Waals surface area contributed by atoms with E-state index in [1.807, 2.05) is 55.5 Å². The van der Waals surface area contributed by atoms with E-state index in [-0.39, 0.29) is 6.42 Å². The normalized spacial score (nSPS) is 10.9. The van der Waals surface area contributed by atoms with E-state index in [1.54, 1.807) is 0 Å². The standard InChI is InChI=1S/C19H15BrN4O3/c1-2-25-15-8-6-12(7-9-15)18-21-16(27-24-18)11-17-22-23-19(26-17)13-4-3-5-14(20)10-13/h3-10H,2,11H2,1H3. The number of nitrogens with zero attached hydrogens (tertiary/aromatic N) is 4. The summed E-state index contributed by atoms with van der Waals surface area (Å²) in [4.78, 5) is 4.39. The number of ether oxygens (including phenoxy) is 1. The Balaban J connectivity index is 1.48. The summed E-state index contributed by atoms with van der Waals surface area (Å²) in [5, 5.41) is 12.1. The van der Waals surface area contributed by atoms with Gasteiger partial charge in [-0.1, -0.05) is 27.2 Å². The van der Waals surface area contributed by atoms with Gasteiger partial charge in [-0.2, -0.15) is 4.98 Å². The van der Waals surface area contributed by atoms with Crippen molar-refractivity contribution in [3.8, 4) is 28.6 Å². The Labute approximate surface area is 163 Å². The Kier molecular flexibility index (Phi) is 4.97. The minimum absolute atomic E-state index is 0.269. The van der Waals surface area contributed by atoms with Crippen molar-refractivity contribution in [1.82, 2.24) is 20.3 Å². The molecule has 0 N–H and O–H groups in total. The van der Waals surface area contributed by atoms with Crippen LogP contribution in [0.1, 0.15) is 18.7 Å². The average Bonchev–Trinajstić information content (AvgIpc) is 3.33. The monoisotopic (exact) mass is 426 g/mol. The number of hydrogen-bond donors (Lipinski definition) is 0. The lowest BCUT2D eigenvalue weighted by Crippen LogP contribution is -1.91. The maximum absolute atomic E-state index is 5.70. The van der Waals surface area contributed by atoms with Gasteiger partial charge in [-0.15, -0.1) is 10.2 Å². The van der Waals surface area contributed by atoms with Crippen LogP contribution in [0.4, 0.5) is 0 Å². The first-order valence-corrected chi connectivity index (χ1v) is 9.14. The molecule has 2 aromatic heterocycles. The summed E-state index contributed by atoms with van der Waals surface area (Å²) in [5.41, 5.74) is 1.68. The molecular formula is C19H15BrN4O3. The van der Waals surface area contributed by atoms with Crippen molar-refractivity contribution in [3.05, 3.63) is 64.8 Å². The van der Waals surface area contributed by atoms with E-state index in [4.69, 9.17) is 13.7 Å². The Morgan fingerprint density at radius 3 is 2.63 bits per heavy atom. The minimum atomic E-state index is 0.269. The smallest absolute Gasteiger partial charge is 0.247 e. The van der Waals surface area contributed by atoms with Gasteiger partial charge in [0.25, 0.3) is 0 Å². The van der Waals surface area contributed by atoms with E-state index in [1.165, 1.54) is 0 Å². The first kappa shape index (κ1) is 17.4. The molecule has 0 unspecified atom stereocenters. The van der Waals surface area contributed by atoms with E-state index in [0.717, 1.165) is 21.3 Å². The quantitative estimate of drug-likeness (QED) is 0.447. The van der Waals surface area contributed by atoms with Crippen LogP contribution in [0.2, 0.25) is 0 Å². The lowest BCUT2D eigenvalue weighted by atomic mass is 10.2.